The number of hydrogen-bond acceptors (Lipinski definition) is 7. The molecule has 0 spiro atoms. The fraction of sp³-hybridized carbons (Fsp3) is 0.444. The fourth-order valence-corrected chi connectivity index (χ4v) is 1.54. The monoisotopic (exact) mass is 239 g/mol. The van der Waals surface area contributed by atoms with Crippen LogP contribution in [-0.4, -0.2) is 44.6 Å². The molecule has 0 bridgehead atoms. The number of H-pyrrole nitrogens is 1. The van der Waals surface area contributed by atoms with Gasteiger partial charge in [-0.1, -0.05) is 0 Å². The van der Waals surface area contributed by atoms with Crippen molar-refractivity contribution in [3.8, 4) is 0 Å². The number of aromatic amines is 1. The molecule has 6 N–H and O–H groups in total. The Kier molecular flexibility index (Phi) is 2.82. The molecule has 2 unspecified atom stereocenters. The second-order valence-corrected chi connectivity index (χ2v) is 3.83. The minimum absolute atomic E-state index is 0.0257. The number of aromatic nitrogens is 2. The number of nitrogen functional groups attached to an aromatic ring is 1. The van der Waals surface area contributed by atoms with Crippen LogP contribution in [0.1, 0.15) is 6.92 Å². The van der Waals surface area contributed by atoms with Crippen molar-refractivity contribution in [2.45, 2.75) is 25.2 Å². The zero-order valence-corrected chi connectivity index (χ0v) is 9.08. The summed E-state index contributed by atoms with van der Waals surface area (Å²) in [6.07, 6.45) is -0.611. The van der Waals surface area contributed by atoms with Crippen LogP contribution >= 0.6 is 0 Å². The number of aliphatic hydroxyl groups excluding tert-OH is 2. The van der Waals surface area contributed by atoms with Crippen LogP contribution in [0, 0.1) is 0 Å². The molecule has 0 amide bonds. The zero-order chi connectivity index (χ0) is 12.6. The maximum absolute atomic E-state index is 11.5. The highest BCUT2D eigenvalue weighted by Crippen LogP contribution is 2.23. The van der Waals surface area contributed by atoms with Crippen molar-refractivity contribution in [2.75, 3.05) is 11.1 Å². The third-order valence-corrected chi connectivity index (χ3v) is 2.46. The van der Waals surface area contributed by atoms with E-state index < -0.39 is 23.8 Å². The van der Waals surface area contributed by atoms with Crippen LogP contribution in [0.25, 0.3) is 0 Å². The quantitative estimate of drug-likeness (QED) is 0.430. The van der Waals surface area contributed by atoms with Crippen molar-refractivity contribution < 1.29 is 10.2 Å². The number of nitrogens with two attached hydrogens (primary N) is 1. The van der Waals surface area contributed by atoms with Gasteiger partial charge in [0.05, 0.1) is 12.1 Å². The number of aliphatic imine (C=N–C) groups is 1. The van der Waals surface area contributed by atoms with Gasteiger partial charge in [-0.05, 0) is 6.92 Å². The number of rotatable bonds is 2. The van der Waals surface area contributed by atoms with Gasteiger partial charge in [0.25, 0.3) is 5.56 Å². The number of nitrogens with zero attached hydrogens (tertiary/aromatic N) is 2. The van der Waals surface area contributed by atoms with E-state index in [0.29, 0.717) is 0 Å². The van der Waals surface area contributed by atoms with Crippen molar-refractivity contribution in [1.29, 1.82) is 0 Å². The first-order valence-electron chi connectivity index (χ1n) is 5.05. The first-order chi connectivity index (χ1) is 7.99. The van der Waals surface area contributed by atoms with Crippen molar-refractivity contribution in [1.82, 2.24) is 9.97 Å². The molecular formula is C9H13N5O3. The molecule has 0 aliphatic carbocycles. The van der Waals surface area contributed by atoms with Gasteiger partial charge in [-0.3, -0.25) is 4.79 Å². The van der Waals surface area contributed by atoms with E-state index in [9.17, 15) is 15.0 Å². The average molecular weight is 239 g/mol. The van der Waals surface area contributed by atoms with E-state index in [1.807, 2.05) is 0 Å². The molecule has 8 nitrogen and oxygen atoms in total. The van der Waals surface area contributed by atoms with Crippen LogP contribution in [0.3, 0.4) is 0 Å². The summed E-state index contributed by atoms with van der Waals surface area (Å²) in [5.74, 6) is 0.235. The molecule has 2 heterocycles. The predicted octanol–water partition coefficient (Wildman–Crippen LogP) is -1.41. The molecule has 2 rings (SSSR count). The summed E-state index contributed by atoms with van der Waals surface area (Å²) in [4.78, 5) is 21.6. The van der Waals surface area contributed by atoms with Crippen LogP contribution in [0.15, 0.2) is 9.79 Å². The Balaban J connectivity index is 2.34. The second-order valence-electron chi connectivity index (χ2n) is 3.83. The Morgan fingerprint density at radius 2 is 2.24 bits per heavy atom. The molecule has 1 aromatic rings. The zero-order valence-electron chi connectivity index (χ0n) is 9.08. The SMILES string of the molecule is C[C@H](O)C(O)C1C=Nc2[nH]c(N)nc(=O)c2N1. The Bertz CT molecular complexity index is 510. The van der Waals surface area contributed by atoms with Gasteiger partial charge >= 0.3 is 0 Å². The highest BCUT2D eigenvalue weighted by molar-refractivity contribution is 5.81. The molecule has 0 aromatic carbocycles. The van der Waals surface area contributed by atoms with Gasteiger partial charge in [0.15, 0.2) is 5.82 Å². The Hall–Kier alpha value is -1.93. The highest BCUT2D eigenvalue weighted by Gasteiger charge is 2.26. The smallest absolute Gasteiger partial charge is 0.300 e. The van der Waals surface area contributed by atoms with Gasteiger partial charge in [0.2, 0.25) is 5.95 Å². The maximum atomic E-state index is 11.5. The van der Waals surface area contributed by atoms with Gasteiger partial charge in [-0.25, -0.2) is 4.99 Å². The summed E-state index contributed by atoms with van der Waals surface area (Å²) in [5, 5.41) is 21.7. The van der Waals surface area contributed by atoms with Crippen molar-refractivity contribution in [3.63, 3.8) is 0 Å². The number of nitrogens with one attached hydrogen (secondary N) is 2. The molecular weight excluding hydrogens is 226 g/mol. The van der Waals surface area contributed by atoms with Crippen LogP contribution in [-0.2, 0) is 0 Å². The van der Waals surface area contributed by atoms with Crippen molar-refractivity contribution >= 4 is 23.7 Å². The van der Waals surface area contributed by atoms with Gasteiger partial charge in [0.1, 0.15) is 11.8 Å². The summed E-state index contributed by atoms with van der Waals surface area (Å²) >= 11 is 0. The van der Waals surface area contributed by atoms with E-state index in [4.69, 9.17) is 5.73 Å². The second kappa shape index (κ2) is 4.15. The summed E-state index contributed by atoms with van der Waals surface area (Å²) in [6, 6.07) is -0.644. The minimum atomic E-state index is -1.07. The van der Waals surface area contributed by atoms with Crippen LogP contribution < -0.4 is 16.6 Å². The van der Waals surface area contributed by atoms with E-state index in [0.717, 1.165) is 0 Å². The lowest BCUT2D eigenvalue weighted by atomic mass is 10.1. The first kappa shape index (κ1) is 11.6. The summed E-state index contributed by atoms with van der Waals surface area (Å²) < 4.78 is 0. The van der Waals surface area contributed by atoms with Crippen LogP contribution in [0.2, 0.25) is 0 Å². The molecule has 8 heteroatoms. The fourth-order valence-electron chi connectivity index (χ4n) is 1.54. The molecule has 1 aromatic heterocycles. The normalized spacial score (nSPS) is 21.5. The van der Waals surface area contributed by atoms with Gasteiger partial charge in [-0.15, -0.1) is 0 Å². The molecule has 1 aliphatic rings. The van der Waals surface area contributed by atoms with E-state index in [1.54, 1.807) is 0 Å². The lowest BCUT2D eigenvalue weighted by Crippen LogP contribution is -2.44. The van der Waals surface area contributed by atoms with Crippen molar-refractivity contribution in [2.24, 2.45) is 4.99 Å². The number of fused-ring (bicyclic) bond motifs is 1. The van der Waals surface area contributed by atoms with Gasteiger partial charge < -0.3 is 26.2 Å². The first-order valence-corrected chi connectivity index (χ1v) is 5.05. The molecule has 0 saturated heterocycles. The minimum Gasteiger partial charge on any atom is -0.391 e. The molecule has 0 fully saturated rings. The summed E-state index contributed by atoms with van der Waals surface area (Å²) in [7, 11) is 0. The Morgan fingerprint density at radius 1 is 1.53 bits per heavy atom. The Labute approximate surface area is 96.2 Å². The summed E-state index contributed by atoms with van der Waals surface area (Å²) in [6.45, 7) is 1.45. The standard InChI is InChI=1S/C9H13N5O3/c1-3(15)6(16)4-2-11-7-5(12-4)8(17)14-9(10)13-7/h2-4,6,12,15-16H,1H3,(H3,10,13,14,17)/t3-,4?,6?/m0/s1. The number of aliphatic hydroxyl groups is 2. The van der Waals surface area contributed by atoms with E-state index in [-0.39, 0.29) is 17.5 Å². The number of anilines is 2. The van der Waals surface area contributed by atoms with Crippen LogP contribution in [0.5, 0.6) is 0 Å². The van der Waals surface area contributed by atoms with Crippen molar-refractivity contribution in [3.05, 3.63) is 10.4 Å². The molecule has 3 atom stereocenters. The third kappa shape index (κ3) is 2.12. The van der Waals surface area contributed by atoms with Gasteiger partial charge in [0, 0.05) is 6.21 Å². The average Bonchev–Trinajstić information content (AvgIpc) is 2.27. The summed E-state index contributed by atoms with van der Waals surface area (Å²) in [5.41, 5.74) is 4.94. The van der Waals surface area contributed by atoms with Crippen LogP contribution in [0.4, 0.5) is 17.5 Å². The highest BCUT2D eigenvalue weighted by atomic mass is 16.3. The Morgan fingerprint density at radius 3 is 2.88 bits per heavy atom. The van der Waals surface area contributed by atoms with E-state index in [2.05, 4.69) is 20.3 Å². The number of hydrogen-bond donors (Lipinski definition) is 5. The maximum Gasteiger partial charge on any atom is 0.300 e. The lowest BCUT2D eigenvalue weighted by Gasteiger charge is -2.26. The van der Waals surface area contributed by atoms with Gasteiger partial charge in [-0.2, -0.15) is 4.98 Å². The molecule has 92 valence electrons. The lowest BCUT2D eigenvalue weighted by molar-refractivity contribution is 0.0314. The third-order valence-electron chi connectivity index (χ3n) is 2.46. The van der Waals surface area contributed by atoms with E-state index >= 15 is 0 Å². The van der Waals surface area contributed by atoms with E-state index in [1.165, 1.54) is 13.1 Å². The molecule has 17 heavy (non-hydrogen) atoms. The topological polar surface area (TPSA) is 137 Å². The molecule has 0 radical (unpaired) electrons. The molecule has 0 saturated carbocycles. The molecule has 1 aliphatic heterocycles. The predicted molar refractivity (Wildman–Crippen MR) is 62.5 cm³/mol. The largest absolute Gasteiger partial charge is 0.391 e.